The van der Waals surface area contributed by atoms with Crippen molar-refractivity contribution in [3.05, 3.63) is 89.7 Å². The van der Waals surface area contributed by atoms with E-state index < -0.39 is 38.4 Å². The van der Waals surface area contributed by atoms with Gasteiger partial charge in [-0.15, -0.1) is 0 Å². The fourth-order valence-corrected chi connectivity index (χ4v) is 5.21. The molecule has 0 radical (unpaired) electrons. The number of pyridine rings is 1. The van der Waals surface area contributed by atoms with Gasteiger partial charge in [0.05, 0.1) is 6.61 Å². The summed E-state index contributed by atoms with van der Waals surface area (Å²) in [6.07, 6.45) is 2.80. The number of carbonyl (C=O) groups is 1. The molecule has 39 heavy (non-hydrogen) atoms. The third-order valence-electron chi connectivity index (χ3n) is 5.40. The minimum Gasteiger partial charge on any atom is -0.482 e. The van der Waals surface area contributed by atoms with Gasteiger partial charge >= 0.3 is 16.4 Å². The van der Waals surface area contributed by atoms with Crippen molar-refractivity contribution in [2.24, 2.45) is 0 Å². The average Bonchev–Trinajstić information content (AvgIpc) is 2.87. The predicted octanol–water partition coefficient (Wildman–Crippen LogP) is 2.55. The van der Waals surface area contributed by atoms with Gasteiger partial charge in [-0.1, -0.05) is 62.4 Å². The summed E-state index contributed by atoms with van der Waals surface area (Å²) in [6, 6.07) is 17.5. The third-order valence-corrected chi connectivity index (χ3v) is 7.22. The molecule has 0 unspecified atom stereocenters. The maximum atomic E-state index is 14.0. The van der Waals surface area contributed by atoms with Crippen LogP contribution in [0.25, 0.3) is 0 Å². The van der Waals surface area contributed by atoms with Crippen LogP contribution < -0.4 is 4.74 Å². The van der Waals surface area contributed by atoms with E-state index in [1.807, 2.05) is 30.3 Å². The molecule has 0 aliphatic heterocycles. The van der Waals surface area contributed by atoms with Crippen molar-refractivity contribution in [3.63, 3.8) is 0 Å². The highest BCUT2D eigenvalue weighted by molar-refractivity contribution is 7.89. The van der Waals surface area contributed by atoms with Crippen LogP contribution in [0.5, 0.6) is 5.75 Å². The number of sulfonamides is 1. The quantitative estimate of drug-likeness (QED) is 0.243. The fourth-order valence-electron chi connectivity index (χ4n) is 3.49. The first-order chi connectivity index (χ1) is 18.1. The summed E-state index contributed by atoms with van der Waals surface area (Å²) in [5.41, 5.74) is 0.946. The molecule has 0 bridgehead atoms. The third kappa shape index (κ3) is 10.0. The second-order valence-electron chi connectivity index (χ2n) is 8.91. The molecule has 0 spiro atoms. The summed E-state index contributed by atoms with van der Waals surface area (Å²) < 4.78 is 66.2. The number of aromatic nitrogens is 1. The molecule has 2 aromatic carbocycles. The standard InChI is InChI=1S/C25H28N2O6S.H2O4S/c1-25(2,18-28)21-12-13-26-14-23(21)34(31,32)27(15-19-8-4-3-5-9-19)16-20-10-6-7-11-22(20)33-17-24(29)30;1-5(2,3)4/h3-14,28H,15-18H2,1-2H3,(H,29,30);(H2,1,2,3,4). The Bertz CT molecular complexity index is 1450. The number of hydrogen-bond donors (Lipinski definition) is 4. The molecule has 0 amide bonds. The zero-order valence-electron chi connectivity index (χ0n) is 21.2. The molecule has 212 valence electrons. The molecular weight excluding hydrogens is 552 g/mol. The van der Waals surface area contributed by atoms with E-state index in [9.17, 15) is 18.3 Å². The average molecular weight is 583 g/mol. The van der Waals surface area contributed by atoms with E-state index in [2.05, 4.69) is 4.98 Å². The Morgan fingerprint density at radius 2 is 1.54 bits per heavy atom. The van der Waals surface area contributed by atoms with Crippen LogP contribution in [-0.4, -0.2) is 64.6 Å². The van der Waals surface area contributed by atoms with Gasteiger partial charge in [0.1, 0.15) is 10.6 Å². The number of hydrogen-bond acceptors (Lipinski definition) is 8. The molecule has 0 saturated heterocycles. The van der Waals surface area contributed by atoms with E-state index in [0.717, 1.165) is 5.56 Å². The summed E-state index contributed by atoms with van der Waals surface area (Å²) >= 11 is 0. The number of aliphatic hydroxyl groups is 1. The molecule has 0 atom stereocenters. The number of para-hydroxylation sites is 1. The summed E-state index contributed by atoms with van der Waals surface area (Å²) in [5.74, 6) is -0.838. The normalized spacial score (nSPS) is 11.9. The monoisotopic (exact) mass is 582 g/mol. The van der Waals surface area contributed by atoms with Crippen LogP contribution in [0.15, 0.2) is 78.0 Å². The van der Waals surface area contributed by atoms with Gasteiger partial charge in [-0.3, -0.25) is 14.1 Å². The van der Waals surface area contributed by atoms with Gasteiger partial charge in [0.2, 0.25) is 10.0 Å². The van der Waals surface area contributed by atoms with Crippen molar-refractivity contribution in [1.29, 1.82) is 0 Å². The fraction of sp³-hybridized carbons (Fsp3) is 0.280. The molecule has 0 saturated carbocycles. The Morgan fingerprint density at radius 3 is 2.13 bits per heavy atom. The lowest BCUT2D eigenvalue weighted by atomic mass is 9.86. The van der Waals surface area contributed by atoms with E-state index in [1.165, 1.54) is 16.7 Å². The highest BCUT2D eigenvalue weighted by atomic mass is 32.3. The summed E-state index contributed by atoms with van der Waals surface area (Å²) in [6.45, 7) is 2.76. The lowest BCUT2D eigenvalue weighted by molar-refractivity contribution is -0.139. The van der Waals surface area contributed by atoms with Crippen molar-refractivity contribution in [2.45, 2.75) is 37.2 Å². The van der Waals surface area contributed by atoms with Crippen LogP contribution >= 0.6 is 0 Å². The summed E-state index contributed by atoms with van der Waals surface area (Å²) in [5, 5.41) is 18.9. The molecule has 3 rings (SSSR count). The first-order valence-corrected chi connectivity index (χ1v) is 14.2. The molecule has 12 nitrogen and oxygen atoms in total. The Balaban J connectivity index is 0.000000976. The molecule has 0 aliphatic carbocycles. The smallest absolute Gasteiger partial charge is 0.394 e. The Kier molecular flexibility index (Phi) is 11.1. The van der Waals surface area contributed by atoms with Gasteiger partial charge < -0.3 is 14.9 Å². The van der Waals surface area contributed by atoms with Crippen molar-refractivity contribution < 1.29 is 45.7 Å². The van der Waals surface area contributed by atoms with Gasteiger partial charge in [-0.2, -0.15) is 12.7 Å². The first-order valence-electron chi connectivity index (χ1n) is 11.4. The van der Waals surface area contributed by atoms with Gasteiger partial charge in [0.25, 0.3) is 0 Å². The van der Waals surface area contributed by atoms with E-state index in [0.29, 0.717) is 16.9 Å². The number of nitrogens with zero attached hydrogens (tertiary/aromatic N) is 2. The Morgan fingerprint density at radius 1 is 0.949 bits per heavy atom. The largest absolute Gasteiger partial charge is 0.482 e. The van der Waals surface area contributed by atoms with Crippen molar-refractivity contribution in [3.8, 4) is 5.75 Å². The minimum absolute atomic E-state index is 0.00826. The number of aliphatic carboxylic acids is 1. The van der Waals surface area contributed by atoms with Crippen molar-refractivity contribution >= 4 is 26.4 Å². The number of aliphatic hydroxyl groups excluding tert-OH is 1. The van der Waals surface area contributed by atoms with Gasteiger partial charge in [-0.05, 0) is 23.3 Å². The first kappa shape index (κ1) is 31.8. The molecule has 0 aliphatic rings. The van der Waals surface area contributed by atoms with Crippen LogP contribution in [0.4, 0.5) is 0 Å². The SMILES string of the molecule is CC(C)(CO)c1ccncc1S(=O)(=O)N(Cc1ccccc1)Cc1ccccc1OCC(=O)O.O=S(=O)(O)O. The maximum absolute atomic E-state index is 14.0. The molecule has 3 aromatic rings. The number of carboxylic acids is 1. The number of ether oxygens (including phenoxy) is 1. The van der Waals surface area contributed by atoms with Crippen LogP contribution in [0.2, 0.25) is 0 Å². The lowest BCUT2D eigenvalue weighted by Gasteiger charge is -2.28. The summed E-state index contributed by atoms with van der Waals surface area (Å²) in [7, 11) is -8.75. The molecular formula is C25H30N2O10S2. The van der Waals surface area contributed by atoms with E-state index in [4.69, 9.17) is 27.4 Å². The molecule has 0 fully saturated rings. The van der Waals surface area contributed by atoms with Crippen molar-refractivity contribution in [1.82, 2.24) is 9.29 Å². The number of rotatable bonds is 11. The van der Waals surface area contributed by atoms with Crippen LogP contribution in [0.3, 0.4) is 0 Å². The van der Waals surface area contributed by atoms with Gasteiger partial charge in [0, 0.05) is 36.5 Å². The molecule has 1 aromatic heterocycles. The maximum Gasteiger partial charge on any atom is 0.394 e. The van der Waals surface area contributed by atoms with Crippen molar-refractivity contribution in [2.75, 3.05) is 13.2 Å². The minimum atomic E-state index is -4.67. The number of benzene rings is 2. The van der Waals surface area contributed by atoms with Gasteiger partial charge in [-0.25, -0.2) is 13.2 Å². The van der Waals surface area contributed by atoms with Crippen LogP contribution in [-0.2, 0) is 43.7 Å². The summed E-state index contributed by atoms with van der Waals surface area (Å²) in [4.78, 5) is 15.0. The Hall–Kier alpha value is -3.40. The molecule has 14 heteroatoms. The molecule has 4 N–H and O–H groups in total. The van der Waals surface area contributed by atoms with E-state index in [1.54, 1.807) is 44.2 Å². The van der Waals surface area contributed by atoms with E-state index >= 15 is 0 Å². The van der Waals surface area contributed by atoms with E-state index in [-0.39, 0.29) is 24.6 Å². The van der Waals surface area contributed by atoms with Gasteiger partial charge in [0.15, 0.2) is 6.61 Å². The highest BCUT2D eigenvalue weighted by Crippen LogP contribution is 2.32. The zero-order valence-corrected chi connectivity index (χ0v) is 22.8. The van der Waals surface area contributed by atoms with Crippen LogP contribution in [0, 0.1) is 0 Å². The highest BCUT2D eigenvalue weighted by Gasteiger charge is 2.33. The number of carboxylic acid groups (broad SMARTS) is 1. The zero-order chi connectivity index (χ0) is 29.3. The second-order valence-corrected chi connectivity index (χ2v) is 11.7. The molecule has 1 heterocycles. The lowest BCUT2D eigenvalue weighted by Crippen LogP contribution is -2.33. The second kappa shape index (κ2) is 13.6. The predicted molar refractivity (Wildman–Crippen MR) is 141 cm³/mol. The van der Waals surface area contributed by atoms with Crippen LogP contribution in [0.1, 0.15) is 30.5 Å². The Labute approximate surface area is 227 Å². The topological polar surface area (TPSA) is 192 Å².